The molecule has 12 heteroatoms. The highest BCUT2D eigenvalue weighted by molar-refractivity contribution is 7.98. The number of carboxylic acid groups (broad SMARTS) is 1. The van der Waals surface area contributed by atoms with E-state index >= 15 is 0 Å². The van der Waals surface area contributed by atoms with E-state index in [9.17, 15) is 29.1 Å². The van der Waals surface area contributed by atoms with Crippen molar-refractivity contribution in [3.63, 3.8) is 0 Å². The summed E-state index contributed by atoms with van der Waals surface area (Å²) < 4.78 is 0. The van der Waals surface area contributed by atoms with E-state index in [2.05, 4.69) is 16.0 Å². The normalized spacial score (nSPS) is 14.9. The molecule has 0 spiro atoms. The lowest BCUT2D eigenvalue weighted by Crippen LogP contribution is -2.58. The van der Waals surface area contributed by atoms with Crippen molar-refractivity contribution >= 4 is 41.4 Å². The number of nitrogens with two attached hydrogens (primary N) is 2. The maximum absolute atomic E-state index is 12.7. The highest BCUT2D eigenvalue weighted by Gasteiger charge is 2.31. The Kier molecular flexibility index (Phi) is 12.7. The molecule has 0 aromatic heterocycles. The maximum atomic E-state index is 12.7. The van der Waals surface area contributed by atoms with Gasteiger partial charge in [-0.1, -0.05) is 13.8 Å². The first-order chi connectivity index (χ1) is 13.9. The minimum absolute atomic E-state index is 0.117. The van der Waals surface area contributed by atoms with Crippen molar-refractivity contribution in [3.05, 3.63) is 0 Å². The second-order valence-corrected chi connectivity index (χ2v) is 8.25. The van der Waals surface area contributed by atoms with Crippen LogP contribution in [0.5, 0.6) is 0 Å². The molecule has 0 radical (unpaired) electrons. The van der Waals surface area contributed by atoms with E-state index in [1.807, 2.05) is 0 Å². The van der Waals surface area contributed by atoms with Gasteiger partial charge in [0, 0.05) is 6.42 Å². The summed E-state index contributed by atoms with van der Waals surface area (Å²) in [5, 5.41) is 16.7. The highest BCUT2D eigenvalue weighted by atomic mass is 32.2. The number of thioether (sulfide) groups is 1. The Balaban J connectivity index is 5.40. The van der Waals surface area contributed by atoms with Gasteiger partial charge in [0.1, 0.15) is 18.1 Å². The molecule has 4 atom stereocenters. The summed E-state index contributed by atoms with van der Waals surface area (Å²) in [5.41, 5.74) is 10.7. The van der Waals surface area contributed by atoms with E-state index in [1.54, 1.807) is 20.1 Å². The summed E-state index contributed by atoms with van der Waals surface area (Å²) in [6.07, 6.45) is 1.68. The van der Waals surface area contributed by atoms with E-state index in [1.165, 1.54) is 18.7 Å². The molecular weight excluding hydrogens is 414 g/mol. The molecule has 0 saturated carbocycles. The van der Waals surface area contributed by atoms with Crippen molar-refractivity contribution in [3.8, 4) is 0 Å². The van der Waals surface area contributed by atoms with Gasteiger partial charge in [0.05, 0.1) is 6.04 Å². The molecule has 4 amide bonds. The van der Waals surface area contributed by atoms with E-state index < -0.39 is 53.8 Å². The SMILES string of the molecule is CSCCC(NC(=O)C(CCC(N)=O)NC(=O)C(NC(=O)C(C)N)C(C)C)C(=O)O. The molecule has 4 unspecified atom stereocenters. The average molecular weight is 448 g/mol. The Labute approximate surface area is 180 Å². The van der Waals surface area contributed by atoms with Crippen molar-refractivity contribution in [1.82, 2.24) is 16.0 Å². The van der Waals surface area contributed by atoms with Crippen molar-refractivity contribution in [1.29, 1.82) is 0 Å². The number of carbonyl (C=O) groups excluding carboxylic acids is 4. The van der Waals surface area contributed by atoms with Gasteiger partial charge in [0.2, 0.25) is 23.6 Å². The van der Waals surface area contributed by atoms with Gasteiger partial charge in [-0.2, -0.15) is 11.8 Å². The molecule has 0 aliphatic carbocycles. The van der Waals surface area contributed by atoms with E-state index in [4.69, 9.17) is 11.5 Å². The predicted octanol–water partition coefficient (Wildman–Crippen LogP) is -1.45. The van der Waals surface area contributed by atoms with E-state index in [-0.39, 0.29) is 25.2 Å². The predicted molar refractivity (Wildman–Crippen MR) is 113 cm³/mol. The fraction of sp³-hybridized carbons (Fsp3) is 0.722. The van der Waals surface area contributed by atoms with Crippen LogP contribution < -0.4 is 27.4 Å². The molecule has 0 aliphatic heterocycles. The monoisotopic (exact) mass is 447 g/mol. The Morgan fingerprint density at radius 1 is 0.900 bits per heavy atom. The highest BCUT2D eigenvalue weighted by Crippen LogP contribution is 2.07. The van der Waals surface area contributed by atoms with Crippen LogP contribution in [-0.4, -0.2) is 70.9 Å². The lowest BCUT2D eigenvalue weighted by molar-refractivity contribution is -0.142. The minimum Gasteiger partial charge on any atom is -0.480 e. The largest absolute Gasteiger partial charge is 0.480 e. The molecule has 0 aliphatic rings. The average Bonchev–Trinajstić information content (AvgIpc) is 2.64. The van der Waals surface area contributed by atoms with Crippen LogP contribution in [0.3, 0.4) is 0 Å². The van der Waals surface area contributed by atoms with Crippen LogP contribution in [-0.2, 0) is 24.0 Å². The topological polar surface area (TPSA) is 194 Å². The first kappa shape index (κ1) is 27.7. The number of carboxylic acids is 1. The molecule has 0 aromatic rings. The number of aliphatic carboxylic acids is 1. The van der Waals surface area contributed by atoms with Crippen molar-refractivity contribution in [2.75, 3.05) is 12.0 Å². The summed E-state index contributed by atoms with van der Waals surface area (Å²) in [4.78, 5) is 59.8. The standard InChI is InChI=1S/C18H33N5O6S/c1-9(2)14(23-15(25)10(3)19)17(27)21-11(5-6-13(20)24)16(26)22-12(18(28)29)7-8-30-4/h9-12,14H,5-8,19H2,1-4H3,(H2,20,24)(H,21,27)(H,22,26)(H,23,25)(H,28,29). The number of hydrogen-bond donors (Lipinski definition) is 6. The molecule has 8 N–H and O–H groups in total. The number of amides is 4. The Morgan fingerprint density at radius 3 is 1.90 bits per heavy atom. The van der Waals surface area contributed by atoms with Gasteiger partial charge in [-0.25, -0.2) is 4.79 Å². The van der Waals surface area contributed by atoms with Crippen LogP contribution in [0.1, 0.15) is 40.0 Å². The molecule has 0 saturated heterocycles. The lowest BCUT2D eigenvalue weighted by Gasteiger charge is -2.26. The van der Waals surface area contributed by atoms with Crippen LogP contribution in [0, 0.1) is 5.92 Å². The summed E-state index contributed by atoms with van der Waals surface area (Å²) in [6, 6.07) is -4.15. The zero-order chi connectivity index (χ0) is 23.4. The smallest absolute Gasteiger partial charge is 0.326 e. The van der Waals surface area contributed by atoms with E-state index in [0.717, 1.165) is 0 Å². The van der Waals surface area contributed by atoms with Crippen molar-refractivity contribution < 1.29 is 29.1 Å². The molecule has 0 bridgehead atoms. The van der Waals surface area contributed by atoms with Gasteiger partial charge >= 0.3 is 5.97 Å². The zero-order valence-corrected chi connectivity index (χ0v) is 18.6. The third-order valence-corrected chi connectivity index (χ3v) is 4.84. The summed E-state index contributed by atoms with van der Waals surface area (Å²) in [7, 11) is 0. The fourth-order valence-electron chi connectivity index (χ4n) is 2.40. The number of carbonyl (C=O) groups is 5. The van der Waals surface area contributed by atoms with Crippen molar-refractivity contribution in [2.45, 2.75) is 64.2 Å². The maximum Gasteiger partial charge on any atom is 0.326 e. The Morgan fingerprint density at radius 2 is 1.47 bits per heavy atom. The van der Waals surface area contributed by atoms with Crippen LogP contribution in [0.15, 0.2) is 0 Å². The molecular formula is C18H33N5O6S. The zero-order valence-electron chi connectivity index (χ0n) is 17.8. The van der Waals surface area contributed by atoms with Gasteiger partial charge in [-0.05, 0) is 37.7 Å². The van der Waals surface area contributed by atoms with Gasteiger partial charge in [0.25, 0.3) is 0 Å². The molecule has 0 aromatic carbocycles. The molecule has 0 fully saturated rings. The minimum atomic E-state index is -1.21. The van der Waals surface area contributed by atoms with Crippen LogP contribution in [0.4, 0.5) is 0 Å². The first-order valence-electron chi connectivity index (χ1n) is 9.57. The molecule has 30 heavy (non-hydrogen) atoms. The number of rotatable bonds is 14. The second kappa shape index (κ2) is 13.8. The quantitative estimate of drug-likeness (QED) is 0.186. The summed E-state index contributed by atoms with van der Waals surface area (Å²) in [5.74, 6) is -3.63. The first-order valence-corrected chi connectivity index (χ1v) is 11.0. The summed E-state index contributed by atoms with van der Waals surface area (Å²) in [6.45, 7) is 4.87. The fourth-order valence-corrected chi connectivity index (χ4v) is 2.87. The third-order valence-electron chi connectivity index (χ3n) is 4.20. The van der Waals surface area contributed by atoms with Gasteiger partial charge < -0.3 is 32.5 Å². The van der Waals surface area contributed by atoms with Crippen molar-refractivity contribution in [2.24, 2.45) is 17.4 Å². The second-order valence-electron chi connectivity index (χ2n) is 7.27. The third kappa shape index (κ3) is 10.4. The molecule has 0 heterocycles. The van der Waals surface area contributed by atoms with Crippen LogP contribution in [0.25, 0.3) is 0 Å². The summed E-state index contributed by atoms with van der Waals surface area (Å²) >= 11 is 1.43. The van der Waals surface area contributed by atoms with Gasteiger partial charge in [-0.15, -0.1) is 0 Å². The Bertz CT molecular complexity index is 628. The molecule has 0 rings (SSSR count). The van der Waals surface area contributed by atoms with E-state index in [0.29, 0.717) is 5.75 Å². The number of primary amides is 1. The van der Waals surface area contributed by atoms with Crippen LogP contribution >= 0.6 is 11.8 Å². The van der Waals surface area contributed by atoms with Gasteiger partial charge in [-0.3, -0.25) is 19.2 Å². The molecule has 11 nitrogen and oxygen atoms in total. The molecule has 172 valence electrons. The van der Waals surface area contributed by atoms with Gasteiger partial charge in [0.15, 0.2) is 0 Å². The lowest BCUT2D eigenvalue weighted by atomic mass is 10.0. The Hall–Kier alpha value is -2.34. The number of hydrogen-bond acceptors (Lipinski definition) is 7. The van der Waals surface area contributed by atoms with Crippen LogP contribution in [0.2, 0.25) is 0 Å². The number of nitrogens with one attached hydrogen (secondary N) is 3.